The van der Waals surface area contributed by atoms with Crippen LogP contribution in [0.15, 0.2) is 28.8 Å². The lowest BCUT2D eigenvalue weighted by Gasteiger charge is -2.07. The minimum Gasteiger partial charge on any atom is -0.339 e. The van der Waals surface area contributed by atoms with Crippen LogP contribution in [0.3, 0.4) is 0 Å². The zero-order valence-corrected chi connectivity index (χ0v) is 11.2. The molecule has 1 aromatic carbocycles. The van der Waals surface area contributed by atoms with Crippen LogP contribution in [0.4, 0.5) is 13.2 Å². The van der Waals surface area contributed by atoms with E-state index in [-0.39, 0.29) is 12.3 Å². The molecule has 21 heavy (non-hydrogen) atoms. The number of hydrogen-bond donors (Lipinski definition) is 0. The van der Waals surface area contributed by atoms with E-state index in [9.17, 15) is 13.2 Å². The summed E-state index contributed by atoms with van der Waals surface area (Å²) in [7, 11) is 0. The highest BCUT2D eigenvalue weighted by atomic mass is 19.4. The number of halogens is 3. The SMILES string of the molecule is CC(C#N)Cc1nc(Cc2cccc(C(F)(F)F)c2)no1. The second kappa shape index (κ2) is 5.95. The largest absolute Gasteiger partial charge is 0.416 e. The smallest absolute Gasteiger partial charge is 0.339 e. The normalized spacial score (nSPS) is 12.9. The summed E-state index contributed by atoms with van der Waals surface area (Å²) in [5, 5.41) is 12.4. The molecule has 2 aromatic rings. The van der Waals surface area contributed by atoms with Crippen LogP contribution in [0, 0.1) is 17.2 Å². The van der Waals surface area contributed by atoms with E-state index in [2.05, 4.69) is 10.1 Å². The van der Waals surface area contributed by atoms with Crippen LogP contribution in [0.2, 0.25) is 0 Å². The predicted molar refractivity (Wildman–Crippen MR) is 67.0 cm³/mol. The fourth-order valence-corrected chi connectivity index (χ4v) is 1.79. The van der Waals surface area contributed by atoms with Gasteiger partial charge in [0.15, 0.2) is 5.82 Å². The van der Waals surface area contributed by atoms with Crippen molar-refractivity contribution in [2.75, 3.05) is 0 Å². The third-order valence-electron chi connectivity index (χ3n) is 2.83. The molecule has 7 heteroatoms. The van der Waals surface area contributed by atoms with Gasteiger partial charge < -0.3 is 4.52 Å². The van der Waals surface area contributed by atoms with Crippen LogP contribution in [-0.4, -0.2) is 10.1 Å². The summed E-state index contributed by atoms with van der Waals surface area (Å²) >= 11 is 0. The van der Waals surface area contributed by atoms with Gasteiger partial charge >= 0.3 is 6.18 Å². The summed E-state index contributed by atoms with van der Waals surface area (Å²) in [5.41, 5.74) is -0.257. The molecule has 0 spiro atoms. The van der Waals surface area contributed by atoms with Crippen molar-refractivity contribution in [2.45, 2.75) is 25.9 Å². The first-order valence-corrected chi connectivity index (χ1v) is 6.25. The van der Waals surface area contributed by atoms with Crippen LogP contribution in [0.1, 0.15) is 29.8 Å². The minimum atomic E-state index is -4.37. The second-order valence-electron chi connectivity index (χ2n) is 4.71. The van der Waals surface area contributed by atoms with Gasteiger partial charge in [-0.25, -0.2) is 0 Å². The Balaban J connectivity index is 2.11. The Morgan fingerprint density at radius 2 is 2.14 bits per heavy atom. The fourth-order valence-electron chi connectivity index (χ4n) is 1.79. The Hall–Kier alpha value is -2.36. The van der Waals surface area contributed by atoms with E-state index in [1.54, 1.807) is 13.0 Å². The van der Waals surface area contributed by atoms with Crippen molar-refractivity contribution < 1.29 is 17.7 Å². The Kier molecular flexibility index (Phi) is 4.26. The first-order chi connectivity index (χ1) is 9.88. The molecule has 0 fully saturated rings. The highest BCUT2D eigenvalue weighted by Crippen LogP contribution is 2.29. The van der Waals surface area contributed by atoms with Gasteiger partial charge in [-0.3, -0.25) is 0 Å². The summed E-state index contributed by atoms with van der Waals surface area (Å²) in [6.45, 7) is 1.72. The molecular formula is C14H12F3N3O. The number of nitrogens with zero attached hydrogens (tertiary/aromatic N) is 3. The van der Waals surface area contributed by atoms with Crippen molar-refractivity contribution in [3.63, 3.8) is 0 Å². The summed E-state index contributed by atoms with van der Waals surface area (Å²) < 4.78 is 42.8. The highest BCUT2D eigenvalue weighted by Gasteiger charge is 2.30. The molecule has 0 saturated heterocycles. The van der Waals surface area contributed by atoms with Crippen LogP contribution < -0.4 is 0 Å². The Labute approximate surface area is 119 Å². The molecule has 1 heterocycles. The maximum Gasteiger partial charge on any atom is 0.416 e. The van der Waals surface area contributed by atoms with Crippen molar-refractivity contribution in [1.29, 1.82) is 5.26 Å². The van der Waals surface area contributed by atoms with Gasteiger partial charge in [-0.05, 0) is 18.6 Å². The van der Waals surface area contributed by atoms with Crippen molar-refractivity contribution in [2.24, 2.45) is 5.92 Å². The van der Waals surface area contributed by atoms with Crippen LogP contribution in [-0.2, 0) is 19.0 Å². The molecule has 0 N–H and O–H groups in total. The van der Waals surface area contributed by atoms with Gasteiger partial charge in [0.1, 0.15) is 0 Å². The van der Waals surface area contributed by atoms with E-state index < -0.39 is 11.7 Å². The standard InChI is InChI=1S/C14H12F3N3O/c1-9(8-18)5-13-19-12(20-21-13)7-10-3-2-4-11(6-10)14(15,16)17/h2-4,6,9H,5,7H2,1H3. The number of hydrogen-bond acceptors (Lipinski definition) is 4. The average molecular weight is 295 g/mol. The van der Waals surface area contributed by atoms with E-state index >= 15 is 0 Å². The third-order valence-corrected chi connectivity index (χ3v) is 2.83. The Morgan fingerprint density at radius 3 is 2.81 bits per heavy atom. The Morgan fingerprint density at radius 1 is 1.38 bits per heavy atom. The molecule has 0 aliphatic carbocycles. The number of alkyl halides is 3. The fraction of sp³-hybridized carbons (Fsp3) is 0.357. The molecule has 0 bridgehead atoms. The molecule has 110 valence electrons. The monoisotopic (exact) mass is 295 g/mol. The van der Waals surface area contributed by atoms with E-state index in [0.29, 0.717) is 23.7 Å². The molecule has 0 aliphatic rings. The van der Waals surface area contributed by atoms with Gasteiger partial charge in [0.25, 0.3) is 0 Å². The first-order valence-electron chi connectivity index (χ1n) is 6.25. The lowest BCUT2D eigenvalue weighted by molar-refractivity contribution is -0.137. The zero-order chi connectivity index (χ0) is 15.5. The predicted octanol–water partition coefficient (Wildman–Crippen LogP) is 3.38. The van der Waals surface area contributed by atoms with Gasteiger partial charge in [0.05, 0.1) is 17.6 Å². The summed E-state index contributed by atoms with van der Waals surface area (Å²) in [6, 6.07) is 7.04. The molecule has 0 amide bonds. The molecule has 1 atom stereocenters. The summed E-state index contributed by atoms with van der Waals surface area (Å²) in [6.07, 6.45) is -3.90. The maximum absolute atomic E-state index is 12.6. The zero-order valence-electron chi connectivity index (χ0n) is 11.2. The second-order valence-corrected chi connectivity index (χ2v) is 4.71. The topological polar surface area (TPSA) is 62.7 Å². The average Bonchev–Trinajstić information content (AvgIpc) is 2.85. The Bertz CT molecular complexity index is 658. The molecule has 1 unspecified atom stereocenters. The van der Waals surface area contributed by atoms with Crippen molar-refractivity contribution in [3.8, 4) is 6.07 Å². The minimum absolute atomic E-state index is 0.147. The number of rotatable bonds is 4. The van der Waals surface area contributed by atoms with E-state index in [4.69, 9.17) is 9.78 Å². The van der Waals surface area contributed by atoms with Crippen molar-refractivity contribution in [1.82, 2.24) is 10.1 Å². The number of nitriles is 1. The molecule has 2 rings (SSSR count). The quantitative estimate of drug-likeness (QED) is 0.867. The van der Waals surface area contributed by atoms with Crippen molar-refractivity contribution in [3.05, 3.63) is 47.1 Å². The van der Waals surface area contributed by atoms with Gasteiger partial charge in [0, 0.05) is 12.8 Å². The molecular weight excluding hydrogens is 283 g/mol. The number of benzene rings is 1. The van der Waals surface area contributed by atoms with E-state index in [1.165, 1.54) is 6.07 Å². The van der Waals surface area contributed by atoms with Gasteiger partial charge in [0.2, 0.25) is 5.89 Å². The molecule has 4 nitrogen and oxygen atoms in total. The van der Waals surface area contributed by atoms with Gasteiger partial charge in [-0.2, -0.15) is 23.4 Å². The lowest BCUT2D eigenvalue weighted by Crippen LogP contribution is -2.05. The number of aromatic nitrogens is 2. The highest BCUT2D eigenvalue weighted by molar-refractivity contribution is 5.27. The van der Waals surface area contributed by atoms with Crippen LogP contribution >= 0.6 is 0 Å². The molecule has 1 aromatic heterocycles. The van der Waals surface area contributed by atoms with Gasteiger partial charge in [-0.1, -0.05) is 23.4 Å². The summed E-state index contributed by atoms with van der Waals surface area (Å²) in [5.74, 6) is 0.354. The molecule has 0 saturated carbocycles. The van der Waals surface area contributed by atoms with Crippen LogP contribution in [0.25, 0.3) is 0 Å². The van der Waals surface area contributed by atoms with E-state index in [1.807, 2.05) is 6.07 Å². The third kappa shape index (κ3) is 4.05. The summed E-state index contributed by atoms with van der Waals surface area (Å²) in [4.78, 5) is 4.08. The van der Waals surface area contributed by atoms with E-state index in [0.717, 1.165) is 12.1 Å². The maximum atomic E-state index is 12.6. The first kappa shape index (κ1) is 15.0. The molecule has 0 aliphatic heterocycles. The van der Waals surface area contributed by atoms with Gasteiger partial charge in [-0.15, -0.1) is 0 Å². The molecule has 0 radical (unpaired) electrons. The van der Waals surface area contributed by atoms with Crippen molar-refractivity contribution >= 4 is 0 Å². The van der Waals surface area contributed by atoms with Crippen LogP contribution in [0.5, 0.6) is 0 Å². The lowest BCUT2D eigenvalue weighted by atomic mass is 10.1.